The number of aliphatic imine (C=N–C) groups is 1. The highest BCUT2D eigenvalue weighted by Gasteiger charge is 2.54. The van der Waals surface area contributed by atoms with Crippen molar-refractivity contribution in [3.05, 3.63) is 11.5 Å². The summed E-state index contributed by atoms with van der Waals surface area (Å²) in [5.41, 5.74) is 0.335. The first kappa shape index (κ1) is 11.9. The van der Waals surface area contributed by atoms with E-state index in [2.05, 4.69) is 46.5 Å². The van der Waals surface area contributed by atoms with Gasteiger partial charge in [0.25, 0.3) is 0 Å². The molecule has 0 saturated carbocycles. The van der Waals surface area contributed by atoms with Crippen molar-refractivity contribution in [2.75, 3.05) is 0 Å². The first-order valence-corrected chi connectivity index (χ1v) is 5.77. The fourth-order valence-corrected chi connectivity index (χ4v) is 1.92. The van der Waals surface area contributed by atoms with Gasteiger partial charge in [-0.2, -0.15) is 0 Å². The Bertz CT molecular complexity index is 353. The van der Waals surface area contributed by atoms with Crippen LogP contribution in [0.25, 0.3) is 0 Å². The summed E-state index contributed by atoms with van der Waals surface area (Å²) in [6.45, 7) is 12.4. The number of rotatable bonds is 1. The van der Waals surface area contributed by atoms with Crippen molar-refractivity contribution in [3.8, 4) is 0 Å². The lowest BCUT2D eigenvalue weighted by molar-refractivity contribution is 0.00578. The van der Waals surface area contributed by atoms with Gasteiger partial charge in [-0.25, -0.2) is 0 Å². The SMILES string of the molecule is CC1(C)N=CC=C1B1OC(C)(C)C(C)(C)O1. The van der Waals surface area contributed by atoms with Gasteiger partial charge < -0.3 is 9.31 Å². The molecule has 0 atom stereocenters. The monoisotopic (exact) mass is 221 g/mol. The van der Waals surface area contributed by atoms with Gasteiger partial charge in [0.05, 0.1) is 16.7 Å². The molecule has 0 aromatic carbocycles. The molecule has 1 saturated heterocycles. The number of hydrogen-bond donors (Lipinski definition) is 0. The average Bonchev–Trinajstić information content (AvgIpc) is 2.50. The molecule has 16 heavy (non-hydrogen) atoms. The number of allylic oxidation sites excluding steroid dienone is 1. The molecule has 0 bridgehead atoms. The molecule has 0 aromatic heterocycles. The van der Waals surface area contributed by atoms with Crippen LogP contribution in [-0.4, -0.2) is 30.1 Å². The van der Waals surface area contributed by atoms with Gasteiger partial charge in [0.15, 0.2) is 0 Å². The molecule has 2 aliphatic heterocycles. The summed E-state index contributed by atoms with van der Waals surface area (Å²) in [6, 6.07) is 0. The first-order valence-electron chi connectivity index (χ1n) is 5.77. The second-order valence-corrected chi connectivity index (χ2v) is 6.05. The molecular weight excluding hydrogens is 201 g/mol. The van der Waals surface area contributed by atoms with Gasteiger partial charge in [-0.15, -0.1) is 0 Å². The summed E-state index contributed by atoms with van der Waals surface area (Å²) in [6.07, 6.45) is 3.84. The third-order valence-electron chi connectivity index (χ3n) is 3.87. The van der Waals surface area contributed by atoms with E-state index in [9.17, 15) is 0 Å². The van der Waals surface area contributed by atoms with E-state index in [0.29, 0.717) is 0 Å². The molecule has 4 heteroatoms. The topological polar surface area (TPSA) is 30.8 Å². The molecule has 2 aliphatic rings. The summed E-state index contributed by atoms with van der Waals surface area (Å²) in [5, 5.41) is 0. The molecule has 0 radical (unpaired) electrons. The minimum atomic E-state index is -0.281. The van der Waals surface area contributed by atoms with Crippen LogP contribution in [0.15, 0.2) is 16.5 Å². The van der Waals surface area contributed by atoms with Gasteiger partial charge in [-0.05, 0) is 53.1 Å². The predicted molar refractivity (Wildman–Crippen MR) is 66.7 cm³/mol. The summed E-state index contributed by atoms with van der Waals surface area (Å²) < 4.78 is 12.0. The van der Waals surface area contributed by atoms with E-state index in [4.69, 9.17) is 9.31 Å². The van der Waals surface area contributed by atoms with Crippen molar-refractivity contribution in [1.82, 2.24) is 0 Å². The van der Waals surface area contributed by atoms with Gasteiger partial charge >= 0.3 is 7.12 Å². The van der Waals surface area contributed by atoms with Crippen molar-refractivity contribution in [2.24, 2.45) is 4.99 Å². The quantitative estimate of drug-likeness (QED) is 0.636. The van der Waals surface area contributed by atoms with Crippen LogP contribution in [0.1, 0.15) is 41.5 Å². The van der Waals surface area contributed by atoms with Gasteiger partial charge in [-0.1, -0.05) is 0 Å². The van der Waals surface area contributed by atoms with E-state index in [1.807, 2.05) is 12.3 Å². The van der Waals surface area contributed by atoms with Gasteiger partial charge in [0.1, 0.15) is 0 Å². The maximum absolute atomic E-state index is 6.01. The van der Waals surface area contributed by atoms with Crippen LogP contribution in [-0.2, 0) is 9.31 Å². The normalized spacial score (nSPS) is 29.6. The van der Waals surface area contributed by atoms with Crippen LogP contribution in [0.4, 0.5) is 0 Å². The lowest BCUT2D eigenvalue weighted by atomic mass is 9.69. The highest BCUT2D eigenvalue weighted by atomic mass is 16.7. The third kappa shape index (κ3) is 1.64. The highest BCUT2D eigenvalue weighted by Crippen LogP contribution is 2.41. The zero-order chi connectivity index (χ0) is 12.2. The molecule has 2 rings (SSSR count). The van der Waals surface area contributed by atoms with E-state index >= 15 is 0 Å². The lowest BCUT2D eigenvalue weighted by Crippen LogP contribution is -2.41. The molecule has 0 amide bonds. The summed E-state index contributed by atoms with van der Waals surface area (Å²) in [7, 11) is -0.275. The molecule has 2 heterocycles. The molecule has 3 nitrogen and oxygen atoms in total. The smallest absolute Gasteiger partial charge is 0.400 e. The van der Waals surface area contributed by atoms with Gasteiger partial charge in [0.2, 0.25) is 0 Å². The molecule has 0 unspecified atom stereocenters. The molecule has 1 fully saturated rings. The Morgan fingerprint density at radius 2 is 1.50 bits per heavy atom. The van der Waals surface area contributed by atoms with Crippen molar-refractivity contribution in [1.29, 1.82) is 0 Å². The van der Waals surface area contributed by atoms with Crippen molar-refractivity contribution < 1.29 is 9.31 Å². The van der Waals surface area contributed by atoms with Crippen LogP contribution in [0.2, 0.25) is 0 Å². The van der Waals surface area contributed by atoms with Crippen LogP contribution in [0.5, 0.6) is 0 Å². The van der Waals surface area contributed by atoms with Gasteiger partial charge in [0, 0.05) is 6.21 Å². The van der Waals surface area contributed by atoms with Crippen LogP contribution >= 0.6 is 0 Å². The van der Waals surface area contributed by atoms with E-state index in [1.54, 1.807) is 0 Å². The Labute approximate surface area is 98.1 Å². The standard InChI is InChI=1S/C12H20BNO2/c1-10(2)9(7-8-14-10)13-15-11(3,4)12(5,6)16-13/h7-8H,1-6H3. The minimum absolute atomic E-state index is 0.207. The van der Waals surface area contributed by atoms with Crippen molar-refractivity contribution >= 4 is 13.3 Å². The Kier molecular flexibility index (Phi) is 2.38. The van der Waals surface area contributed by atoms with Crippen molar-refractivity contribution in [2.45, 2.75) is 58.3 Å². The fourth-order valence-electron chi connectivity index (χ4n) is 1.92. The number of nitrogens with zero attached hydrogens (tertiary/aromatic N) is 1. The largest absolute Gasteiger partial charge is 0.493 e. The molecule has 0 aliphatic carbocycles. The zero-order valence-corrected chi connectivity index (χ0v) is 11.0. The molecule has 0 spiro atoms. The second-order valence-electron chi connectivity index (χ2n) is 6.05. The van der Waals surface area contributed by atoms with E-state index < -0.39 is 0 Å². The Morgan fingerprint density at radius 3 is 1.88 bits per heavy atom. The van der Waals surface area contributed by atoms with Crippen LogP contribution < -0.4 is 0 Å². The Hall–Kier alpha value is -0.605. The van der Waals surface area contributed by atoms with Gasteiger partial charge in [-0.3, -0.25) is 4.99 Å². The van der Waals surface area contributed by atoms with E-state index in [1.165, 1.54) is 0 Å². The second kappa shape index (κ2) is 3.20. The summed E-state index contributed by atoms with van der Waals surface area (Å²) in [5.74, 6) is 0. The maximum Gasteiger partial charge on any atom is 0.493 e. The van der Waals surface area contributed by atoms with Crippen molar-refractivity contribution in [3.63, 3.8) is 0 Å². The summed E-state index contributed by atoms with van der Waals surface area (Å²) >= 11 is 0. The minimum Gasteiger partial charge on any atom is -0.400 e. The maximum atomic E-state index is 6.01. The Morgan fingerprint density at radius 1 is 1.00 bits per heavy atom. The Balaban J connectivity index is 2.23. The predicted octanol–water partition coefficient (Wildman–Crippen LogP) is 2.41. The lowest BCUT2D eigenvalue weighted by Gasteiger charge is -2.32. The van der Waals surface area contributed by atoms with Crippen LogP contribution in [0, 0.1) is 0 Å². The average molecular weight is 221 g/mol. The van der Waals surface area contributed by atoms with E-state index in [0.717, 1.165) is 5.47 Å². The van der Waals surface area contributed by atoms with E-state index in [-0.39, 0.29) is 23.9 Å². The zero-order valence-electron chi connectivity index (χ0n) is 11.0. The fraction of sp³-hybridized carbons (Fsp3) is 0.750. The molecule has 0 N–H and O–H groups in total. The first-order chi connectivity index (χ1) is 7.16. The number of hydrogen-bond acceptors (Lipinski definition) is 3. The molecular formula is C12H20BNO2. The third-order valence-corrected chi connectivity index (χ3v) is 3.87. The molecule has 0 aromatic rings. The molecule has 88 valence electrons. The summed E-state index contributed by atoms with van der Waals surface area (Å²) in [4.78, 5) is 4.41. The van der Waals surface area contributed by atoms with Crippen LogP contribution in [0.3, 0.4) is 0 Å². The highest BCUT2D eigenvalue weighted by molar-refractivity contribution is 6.56.